The molecule has 0 spiro atoms. The van der Waals surface area contributed by atoms with Crippen molar-refractivity contribution in [2.75, 3.05) is 19.0 Å². The van der Waals surface area contributed by atoms with Gasteiger partial charge >= 0.3 is 0 Å². The summed E-state index contributed by atoms with van der Waals surface area (Å²) in [5, 5.41) is 4.42. The Morgan fingerprint density at radius 2 is 2.07 bits per heavy atom. The average Bonchev–Trinajstić information content (AvgIpc) is 2.42. The predicted molar refractivity (Wildman–Crippen MR) is 77.4 cm³/mol. The van der Waals surface area contributed by atoms with Crippen molar-refractivity contribution in [2.24, 2.45) is 0 Å². The van der Waals surface area contributed by atoms with Crippen LogP contribution in [0.15, 0.2) is 23.1 Å². The van der Waals surface area contributed by atoms with E-state index in [0.717, 1.165) is 5.03 Å². The normalized spacial score (nSPS) is 25.1. The molecule has 1 aliphatic rings. The highest BCUT2D eigenvalue weighted by atomic mass is 32.2. The van der Waals surface area contributed by atoms with Crippen molar-refractivity contribution in [3.8, 4) is 0 Å². The van der Waals surface area contributed by atoms with E-state index >= 15 is 0 Å². The SMILES string of the molecule is C=C1NC(CCP(=C)(C)CCC)C(=C)S1. The van der Waals surface area contributed by atoms with Gasteiger partial charge in [-0.3, -0.25) is 0 Å². The van der Waals surface area contributed by atoms with E-state index in [1.165, 1.54) is 30.1 Å². The van der Waals surface area contributed by atoms with Gasteiger partial charge < -0.3 is 5.32 Å². The smallest absolute Gasteiger partial charge is 0.0658 e. The molecule has 0 saturated carbocycles. The summed E-state index contributed by atoms with van der Waals surface area (Å²) in [4.78, 5) is 1.22. The van der Waals surface area contributed by atoms with E-state index in [1.807, 2.05) is 0 Å². The molecular weight excluding hydrogens is 221 g/mol. The van der Waals surface area contributed by atoms with Crippen molar-refractivity contribution in [1.29, 1.82) is 0 Å². The molecule has 0 amide bonds. The molecule has 1 N–H and O–H groups in total. The predicted octanol–water partition coefficient (Wildman–Crippen LogP) is 3.56. The Bertz CT molecular complexity index is 309. The molecule has 2 atom stereocenters. The van der Waals surface area contributed by atoms with Gasteiger partial charge in [0.25, 0.3) is 0 Å². The summed E-state index contributed by atoms with van der Waals surface area (Å²) < 4.78 is 0. The second kappa shape index (κ2) is 5.32. The number of rotatable bonds is 5. The van der Waals surface area contributed by atoms with Gasteiger partial charge in [-0.2, -0.15) is 0 Å². The first-order chi connectivity index (χ1) is 6.94. The van der Waals surface area contributed by atoms with E-state index in [2.05, 4.69) is 38.4 Å². The van der Waals surface area contributed by atoms with Gasteiger partial charge in [-0.15, -0.1) is 13.2 Å². The fourth-order valence-electron chi connectivity index (χ4n) is 1.86. The molecule has 1 nitrogen and oxygen atoms in total. The first-order valence-corrected chi connectivity index (χ1v) is 9.06. The topological polar surface area (TPSA) is 12.0 Å². The fourth-order valence-corrected chi connectivity index (χ4v) is 4.88. The Kier molecular flexibility index (Phi) is 4.61. The molecule has 15 heavy (non-hydrogen) atoms. The number of hydrogen-bond donors (Lipinski definition) is 1. The van der Waals surface area contributed by atoms with Crippen LogP contribution in [0.1, 0.15) is 19.8 Å². The van der Waals surface area contributed by atoms with Crippen LogP contribution in [0.3, 0.4) is 0 Å². The highest BCUT2D eigenvalue weighted by Gasteiger charge is 2.22. The number of thioether (sulfide) groups is 1. The summed E-state index contributed by atoms with van der Waals surface area (Å²) in [6, 6.07) is 0.431. The van der Waals surface area contributed by atoms with Crippen LogP contribution in [0.4, 0.5) is 0 Å². The van der Waals surface area contributed by atoms with E-state index in [1.54, 1.807) is 11.8 Å². The largest absolute Gasteiger partial charge is 0.373 e. The van der Waals surface area contributed by atoms with E-state index in [9.17, 15) is 0 Å². The molecule has 1 aliphatic heterocycles. The van der Waals surface area contributed by atoms with Gasteiger partial charge in [-0.1, -0.05) is 38.3 Å². The van der Waals surface area contributed by atoms with Crippen LogP contribution in [-0.2, 0) is 0 Å². The molecule has 1 fully saturated rings. The molecule has 0 aromatic carbocycles. The highest BCUT2D eigenvalue weighted by molar-refractivity contribution is 8.07. The zero-order valence-corrected chi connectivity index (χ0v) is 11.6. The second-order valence-corrected chi connectivity index (χ2v) is 9.90. The number of hydrogen-bond acceptors (Lipinski definition) is 2. The minimum Gasteiger partial charge on any atom is -0.373 e. The maximum atomic E-state index is 4.39. The molecule has 0 bridgehead atoms. The molecule has 2 unspecified atom stereocenters. The van der Waals surface area contributed by atoms with E-state index < -0.39 is 6.89 Å². The van der Waals surface area contributed by atoms with Crippen molar-refractivity contribution in [3.05, 3.63) is 23.1 Å². The molecule has 1 saturated heterocycles. The first kappa shape index (κ1) is 13.0. The van der Waals surface area contributed by atoms with Gasteiger partial charge in [0.1, 0.15) is 0 Å². The summed E-state index contributed by atoms with van der Waals surface area (Å²) in [7, 11) is 0. The second-order valence-electron chi connectivity index (χ2n) is 4.54. The van der Waals surface area contributed by atoms with Gasteiger partial charge in [-0.05, 0) is 25.4 Å². The van der Waals surface area contributed by atoms with Gasteiger partial charge in [0.05, 0.1) is 11.1 Å². The lowest BCUT2D eigenvalue weighted by Gasteiger charge is -2.20. The third-order valence-corrected chi connectivity index (χ3v) is 6.47. The molecule has 0 radical (unpaired) electrons. The van der Waals surface area contributed by atoms with Crippen LogP contribution in [-0.4, -0.2) is 31.3 Å². The zero-order valence-electron chi connectivity index (χ0n) is 9.88. The molecule has 3 heteroatoms. The van der Waals surface area contributed by atoms with Crippen molar-refractivity contribution < 1.29 is 0 Å². The average molecular weight is 243 g/mol. The molecule has 0 aromatic rings. The van der Waals surface area contributed by atoms with E-state index in [-0.39, 0.29) is 0 Å². The Morgan fingerprint density at radius 3 is 2.53 bits per heavy atom. The van der Waals surface area contributed by atoms with Crippen LogP contribution in [0.5, 0.6) is 0 Å². The molecule has 86 valence electrons. The minimum absolute atomic E-state index is 0.431. The molecule has 1 rings (SSSR count). The Hall–Kier alpha value is -0.0700. The van der Waals surface area contributed by atoms with Gasteiger partial charge in [0.15, 0.2) is 0 Å². The lowest BCUT2D eigenvalue weighted by atomic mass is 10.2. The van der Waals surface area contributed by atoms with Gasteiger partial charge in [0, 0.05) is 4.91 Å². The highest BCUT2D eigenvalue weighted by Crippen LogP contribution is 2.43. The minimum atomic E-state index is -0.911. The van der Waals surface area contributed by atoms with Crippen molar-refractivity contribution in [2.45, 2.75) is 25.8 Å². The van der Waals surface area contributed by atoms with Gasteiger partial charge in [0.2, 0.25) is 0 Å². The Balaban J connectivity index is 2.40. The molecule has 0 aliphatic carbocycles. The Morgan fingerprint density at radius 1 is 1.40 bits per heavy atom. The van der Waals surface area contributed by atoms with Crippen LogP contribution in [0.2, 0.25) is 0 Å². The quantitative estimate of drug-likeness (QED) is 0.741. The van der Waals surface area contributed by atoms with Crippen LogP contribution < -0.4 is 5.32 Å². The molecule has 0 aromatic heterocycles. The summed E-state index contributed by atoms with van der Waals surface area (Å²) in [6.07, 6.45) is 9.37. The summed E-state index contributed by atoms with van der Waals surface area (Å²) >= 11 is 1.68. The monoisotopic (exact) mass is 243 g/mol. The lowest BCUT2D eigenvalue weighted by Crippen LogP contribution is -2.22. The lowest BCUT2D eigenvalue weighted by molar-refractivity contribution is 0.682. The maximum absolute atomic E-state index is 4.39. The third-order valence-electron chi connectivity index (χ3n) is 2.70. The summed E-state index contributed by atoms with van der Waals surface area (Å²) in [6.45, 7) is 11.7. The van der Waals surface area contributed by atoms with Gasteiger partial charge in [-0.25, -0.2) is 0 Å². The maximum Gasteiger partial charge on any atom is 0.0658 e. The third kappa shape index (κ3) is 4.12. The number of nitrogens with one attached hydrogen (secondary N) is 1. The van der Waals surface area contributed by atoms with Crippen molar-refractivity contribution in [3.63, 3.8) is 0 Å². The van der Waals surface area contributed by atoms with Crippen molar-refractivity contribution >= 4 is 24.9 Å². The first-order valence-electron chi connectivity index (χ1n) is 5.45. The van der Waals surface area contributed by atoms with E-state index in [0.29, 0.717) is 6.04 Å². The summed E-state index contributed by atoms with van der Waals surface area (Å²) in [5.74, 6) is 0. The Labute approximate surface area is 98.4 Å². The van der Waals surface area contributed by atoms with Crippen molar-refractivity contribution in [1.82, 2.24) is 5.32 Å². The fraction of sp³-hybridized carbons (Fsp3) is 0.583. The summed E-state index contributed by atoms with van der Waals surface area (Å²) in [5.41, 5.74) is 0. The van der Waals surface area contributed by atoms with Crippen LogP contribution >= 0.6 is 18.6 Å². The zero-order chi connectivity index (χ0) is 11.5. The molecular formula is C12H22NPS. The van der Waals surface area contributed by atoms with Crippen LogP contribution in [0, 0.1) is 0 Å². The van der Waals surface area contributed by atoms with Crippen LogP contribution in [0.25, 0.3) is 0 Å². The molecule has 1 heterocycles. The van der Waals surface area contributed by atoms with E-state index in [4.69, 9.17) is 0 Å². The standard InChI is InChI=1S/C12H22NPS/c1-6-8-14(4,5)9-7-12-10(2)15-11(3)13-12/h12-13H,2-4,6-9H2,1,5H3.